The fourth-order valence-corrected chi connectivity index (χ4v) is 3.67. The first kappa shape index (κ1) is 15.8. The molecule has 5 nitrogen and oxygen atoms in total. The Morgan fingerprint density at radius 2 is 2.23 bits per heavy atom. The van der Waals surface area contributed by atoms with Crippen molar-refractivity contribution in [3.8, 4) is 0 Å². The summed E-state index contributed by atoms with van der Waals surface area (Å²) in [5.41, 5.74) is 0.704. The molecule has 2 saturated heterocycles. The van der Waals surface area contributed by atoms with Crippen LogP contribution in [0.3, 0.4) is 0 Å². The molecule has 6 heteroatoms. The highest BCUT2D eigenvalue weighted by Crippen LogP contribution is 2.26. The van der Waals surface area contributed by atoms with Gasteiger partial charge in [0.1, 0.15) is 0 Å². The fraction of sp³-hybridized carbons (Fsp3) is 0.625. The quantitative estimate of drug-likeness (QED) is 0.798. The molecule has 1 unspecified atom stereocenters. The first-order chi connectivity index (χ1) is 10.8. The lowest BCUT2D eigenvalue weighted by Gasteiger charge is -2.38. The maximum absolute atomic E-state index is 12.9. The Kier molecular flexibility index (Phi) is 5.33. The Labute approximate surface area is 135 Å². The Morgan fingerprint density at radius 1 is 1.41 bits per heavy atom. The van der Waals surface area contributed by atoms with Gasteiger partial charge in [0.15, 0.2) is 6.29 Å². The van der Waals surface area contributed by atoms with Crippen LogP contribution >= 0.6 is 11.8 Å². The SMILES string of the molecule is CCSc1cc(C(=O)N2CCCCC2C2OCCO2)ccn1. The largest absolute Gasteiger partial charge is 0.348 e. The second-order valence-electron chi connectivity index (χ2n) is 5.49. The van der Waals surface area contributed by atoms with Gasteiger partial charge in [-0.15, -0.1) is 11.8 Å². The Hall–Kier alpha value is -1.11. The van der Waals surface area contributed by atoms with Crippen molar-refractivity contribution in [1.29, 1.82) is 0 Å². The van der Waals surface area contributed by atoms with Crippen molar-refractivity contribution in [1.82, 2.24) is 9.88 Å². The number of carbonyl (C=O) groups is 1. The first-order valence-electron chi connectivity index (χ1n) is 7.92. The van der Waals surface area contributed by atoms with Crippen LogP contribution in [-0.2, 0) is 9.47 Å². The third-order valence-electron chi connectivity index (χ3n) is 4.05. The standard InChI is InChI=1S/C16H22N2O3S/c1-2-22-14-11-12(6-7-17-14)15(19)18-8-4-3-5-13(18)16-20-9-10-21-16/h6-7,11,13,16H,2-5,8-10H2,1H3. The minimum absolute atomic E-state index is 0.0270. The summed E-state index contributed by atoms with van der Waals surface area (Å²) < 4.78 is 11.3. The smallest absolute Gasteiger partial charge is 0.254 e. The van der Waals surface area contributed by atoms with E-state index in [2.05, 4.69) is 11.9 Å². The summed E-state index contributed by atoms with van der Waals surface area (Å²) >= 11 is 1.65. The summed E-state index contributed by atoms with van der Waals surface area (Å²) in [7, 11) is 0. The van der Waals surface area contributed by atoms with Gasteiger partial charge in [-0.2, -0.15) is 0 Å². The normalized spacial score (nSPS) is 23.0. The molecule has 1 aromatic heterocycles. The number of carbonyl (C=O) groups excluding carboxylic acids is 1. The van der Waals surface area contributed by atoms with Crippen LogP contribution in [0.1, 0.15) is 36.5 Å². The van der Waals surface area contributed by atoms with Crippen molar-refractivity contribution < 1.29 is 14.3 Å². The van der Waals surface area contributed by atoms with Gasteiger partial charge in [0, 0.05) is 18.3 Å². The number of hydrogen-bond acceptors (Lipinski definition) is 5. The second kappa shape index (κ2) is 7.44. The molecule has 2 aliphatic heterocycles. The van der Waals surface area contributed by atoms with Crippen LogP contribution in [0.15, 0.2) is 23.4 Å². The van der Waals surface area contributed by atoms with Gasteiger partial charge in [-0.1, -0.05) is 6.92 Å². The fourth-order valence-electron chi connectivity index (χ4n) is 3.03. The van der Waals surface area contributed by atoms with E-state index >= 15 is 0 Å². The molecule has 2 fully saturated rings. The topological polar surface area (TPSA) is 51.7 Å². The van der Waals surface area contributed by atoms with Gasteiger partial charge in [0.05, 0.1) is 24.3 Å². The van der Waals surface area contributed by atoms with E-state index in [9.17, 15) is 4.79 Å². The van der Waals surface area contributed by atoms with Crippen LogP contribution in [0.2, 0.25) is 0 Å². The summed E-state index contributed by atoms with van der Waals surface area (Å²) in [6, 6.07) is 3.71. The highest BCUT2D eigenvalue weighted by atomic mass is 32.2. The molecule has 1 atom stereocenters. The highest BCUT2D eigenvalue weighted by molar-refractivity contribution is 7.99. The molecule has 3 rings (SSSR count). The molecule has 0 saturated carbocycles. The molecule has 0 bridgehead atoms. The monoisotopic (exact) mass is 322 g/mol. The molecule has 0 spiro atoms. The van der Waals surface area contributed by atoms with E-state index in [1.54, 1.807) is 24.0 Å². The number of amides is 1. The molecule has 0 aliphatic carbocycles. The van der Waals surface area contributed by atoms with Gasteiger partial charge in [-0.25, -0.2) is 4.98 Å². The van der Waals surface area contributed by atoms with Crippen LogP contribution < -0.4 is 0 Å². The van der Waals surface area contributed by atoms with Crippen LogP contribution in [0, 0.1) is 0 Å². The van der Waals surface area contributed by atoms with Crippen LogP contribution in [-0.4, -0.2) is 53.6 Å². The van der Waals surface area contributed by atoms with E-state index in [0.717, 1.165) is 36.6 Å². The maximum Gasteiger partial charge on any atom is 0.254 e. The van der Waals surface area contributed by atoms with E-state index < -0.39 is 0 Å². The van der Waals surface area contributed by atoms with Crippen molar-refractivity contribution >= 4 is 17.7 Å². The van der Waals surface area contributed by atoms with Gasteiger partial charge in [0.2, 0.25) is 0 Å². The van der Waals surface area contributed by atoms with E-state index in [-0.39, 0.29) is 18.2 Å². The van der Waals surface area contributed by atoms with E-state index in [1.807, 2.05) is 11.0 Å². The molecule has 22 heavy (non-hydrogen) atoms. The lowest BCUT2D eigenvalue weighted by Crippen LogP contribution is -2.50. The lowest BCUT2D eigenvalue weighted by atomic mass is 10.0. The highest BCUT2D eigenvalue weighted by Gasteiger charge is 2.36. The number of nitrogens with zero attached hydrogens (tertiary/aromatic N) is 2. The van der Waals surface area contributed by atoms with Crippen LogP contribution in [0.4, 0.5) is 0 Å². The van der Waals surface area contributed by atoms with E-state index in [1.165, 1.54) is 0 Å². The van der Waals surface area contributed by atoms with Crippen molar-refractivity contribution in [3.05, 3.63) is 23.9 Å². The van der Waals surface area contributed by atoms with Gasteiger partial charge in [-0.3, -0.25) is 4.79 Å². The molecule has 0 aromatic carbocycles. The number of thioether (sulfide) groups is 1. The zero-order valence-electron chi connectivity index (χ0n) is 12.9. The predicted octanol–water partition coefficient (Wildman–Crippen LogP) is 2.56. The number of ether oxygens (including phenoxy) is 2. The first-order valence-corrected chi connectivity index (χ1v) is 8.91. The van der Waals surface area contributed by atoms with Crippen molar-refractivity contribution in [2.24, 2.45) is 0 Å². The minimum Gasteiger partial charge on any atom is -0.348 e. The molecule has 3 heterocycles. The van der Waals surface area contributed by atoms with Crippen molar-refractivity contribution in [3.63, 3.8) is 0 Å². The minimum atomic E-state index is -0.268. The molecular formula is C16H22N2O3S. The van der Waals surface area contributed by atoms with Crippen molar-refractivity contribution in [2.75, 3.05) is 25.5 Å². The number of aromatic nitrogens is 1. The number of piperidine rings is 1. The molecular weight excluding hydrogens is 300 g/mol. The van der Waals surface area contributed by atoms with Crippen molar-refractivity contribution in [2.45, 2.75) is 43.5 Å². The van der Waals surface area contributed by atoms with Crippen LogP contribution in [0.5, 0.6) is 0 Å². The predicted molar refractivity (Wildman–Crippen MR) is 85.0 cm³/mol. The maximum atomic E-state index is 12.9. The van der Waals surface area contributed by atoms with Gasteiger partial charge in [0.25, 0.3) is 5.91 Å². The zero-order chi connectivity index (χ0) is 15.4. The summed E-state index contributed by atoms with van der Waals surface area (Å²) in [5.74, 6) is 1.00. The number of hydrogen-bond donors (Lipinski definition) is 0. The van der Waals surface area contributed by atoms with Gasteiger partial charge >= 0.3 is 0 Å². The third-order valence-corrected chi connectivity index (χ3v) is 4.85. The molecule has 1 amide bonds. The number of pyridine rings is 1. The summed E-state index contributed by atoms with van der Waals surface area (Å²) in [6.45, 7) is 4.09. The average molecular weight is 322 g/mol. The van der Waals surface area contributed by atoms with E-state index in [4.69, 9.17) is 9.47 Å². The van der Waals surface area contributed by atoms with Gasteiger partial charge in [-0.05, 0) is 37.1 Å². The Bertz CT molecular complexity index is 520. The Morgan fingerprint density at radius 3 is 3.00 bits per heavy atom. The molecule has 2 aliphatic rings. The van der Waals surface area contributed by atoms with Gasteiger partial charge < -0.3 is 14.4 Å². The number of rotatable bonds is 4. The summed E-state index contributed by atoms with van der Waals surface area (Å²) in [4.78, 5) is 19.1. The molecule has 1 aromatic rings. The number of likely N-dealkylation sites (tertiary alicyclic amines) is 1. The molecule has 0 N–H and O–H groups in total. The average Bonchev–Trinajstić information content (AvgIpc) is 3.09. The summed E-state index contributed by atoms with van der Waals surface area (Å²) in [6.07, 6.45) is 4.54. The van der Waals surface area contributed by atoms with E-state index in [0.29, 0.717) is 18.8 Å². The van der Waals surface area contributed by atoms with Crippen LogP contribution in [0.25, 0.3) is 0 Å². The Balaban J connectivity index is 1.77. The lowest BCUT2D eigenvalue weighted by molar-refractivity contribution is -0.100. The zero-order valence-corrected chi connectivity index (χ0v) is 13.7. The third kappa shape index (κ3) is 3.45. The molecule has 0 radical (unpaired) electrons. The second-order valence-corrected chi connectivity index (χ2v) is 6.77. The summed E-state index contributed by atoms with van der Waals surface area (Å²) in [5, 5.41) is 0.898. The molecule has 120 valence electrons.